The number of hydrogen-bond acceptors (Lipinski definition) is 1. The van der Waals surface area contributed by atoms with Gasteiger partial charge in [0.15, 0.2) is 0 Å². The largest absolute Gasteiger partial charge is 0.269 e. The maximum absolute atomic E-state index is 4.04. The molecular weight excluding hydrogens is 170 g/mol. The number of aliphatic imine (C=N–C) groups is 1. The van der Waals surface area contributed by atoms with Crippen LogP contribution in [0, 0.1) is 12.8 Å². The quantitative estimate of drug-likeness (QED) is 0.640. The molecule has 0 heterocycles. The van der Waals surface area contributed by atoms with Gasteiger partial charge in [-0.2, -0.15) is 0 Å². The zero-order valence-electron chi connectivity index (χ0n) is 9.12. The first-order chi connectivity index (χ1) is 6.65. The van der Waals surface area contributed by atoms with E-state index in [9.17, 15) is 0 Å². The molecule has 0 amide bonds. The molecular formula is C13H17N. The summed E-state index contributed by atoms with van der Waals surface area (Å²) in [6.45, 7) is 9.94. The highest BCUT2D eigenvalue weighted by atomic mass is 14.7. The fourth-order valence-corrected chi connectivity index (χ4v) is 1.30. The molecule has 0 fully saturated rings. The molecule has 0 aromatic heterocycles. The highest BCUT2D eigenvalue weighted by Gasteiger charge is 2.01. The molecule has 0 unspecified atom stereocenters. The van der Waals surface area contributed by atoms with Gasteiger partial charge in [-0.1, -0.05) is 38.1 Å². The molecule has 1 aromatic carbocycles. The number of rotatable bonds is 3. The van der Waals surface area contributed by atoms with Gasteiger partial charge in [-0.25, -0.2) is 0 Å². The monoisotopic (exact) mass is 187 g/mol. The lowest BCUT2D eigenvalue weighted by Gasteiger charge is -2.06. The van der Waals surface area contributed by atoms with E-state index in [0.29, 0.717) is 5.92 Å². The van der Waals surface area contributed by atoms with E-state index >= 15 is 0 Å². The first kappa shape index (κ1) is 10.7. The Morgan fingerprint density at radius 3 is 2.50 bits per heavy atom. The number of nitrogens with zero attached hydrogens (tertiary/aromatic N) is 1. The second-order valence-electron chi connectivity index (χ2n) is 3.74. The van der Waals surface area contributed by atoms with Gasteiger partial charge in [0.1, 0.15) is 0 Å². The van der Waals surface area contributed by atoms with Crippen molar-refractivity contribution in [3.63, 3.8) is 0 Å². The van der Waals surface area contributed by atoms with Crippen LogP contribution in [0.15, 0.2) is 35.0 Å². The Bertz CT molecular complexity index is 348. The van der Waals surface area contributed by atoms with Crippen molar-refractivity contribution in [2.24, 2.45) is 10.9 Å². The Morgan fingerprint density at radius 1 is 1.36 bits per heavy atom. The Kier molecular flexibility index (Phi) is 3.63. The Hall–Kier alpha value is -1.37. The van der Waals surface area contributed by atoms with Crippen molar-refractivity contribution in [1.82, 2.24) is 0 Å². The Morgan fingerprint density at radius 2 is 2.00 bits per heavy atom. The molecule has 1 aromatic rings. The van der Waals surface area contributed by atoms with Crippen molar-refractivity contribution in [1.29, 1.82) is 0 Å². The Balaban J connectivity index is 3.06. The first-order valence-corrected chi connectivity index (χ1v) is 4.89. The molecule has 0 saturated carbocycles. The number of benzene rings is 1. The Labute approximate surface area is 86.2 Å². The van der Waals surface area contributed by atoms with Crippen LogP contribution in [0.5, 0.6) is 0 Å². The van der Waals surface area contributed by atoms with Crippen molar-refractivity contribution < 1.29 is 0 Å². The molecule has 0 bridgehead atoms. The summed E-state index contributed by atoms with van der Waals surface area (Å²) in [5.74, 6) is 0.423. The van der Waals surface area contributed by atoms with Crippen LogP contribution in [0.3, 0.4) is 0 Å². The molecule has 0 saturated heterocycles. The third kappa shape index (κ3) is 2.56. The van der Waals surface area contributed by atoms with Gasteiger partial charge in [-0.15, -0.1) is 0 Å². The second kappa shape index (κ2) is 4.75. The van der Waals surface area contributed by atoms with Crippen molar-refractivity contribution in [3.05, 3.63) is 41.1 Å². The molecule has 0 radical (unpaired) electrons. The van der Waals surface area contributed by atoms with Crippen LogP contribution in [0.25, 0.3) is 6.08 Å². The fraction of sp³-hybridized carbons (Fsp3) is 0.308. The maximum atomic E-state index is 4.04. The molecule has 0 spiro atoms. The first-order valence-electron chi connectivity index (χ1n) is 4.89. The van der Waals surface area contributed by atoms with Crippen molar-refractivity contribution in [2.75, 3.05) is 0 Å². The van der Waals surface area contributed by atoms with E-state index in [1.807, 2.05) is 12.1 Å². The zero-order valence-corrected chi connectivity index (χ0v) is 9.12. The topological polar surface area (TPSA) is 12.4 Å². The SMILES string of the molecule is C=N/C(=C\c1ccccc1C)C(C)C. The summed E-state index contributed by atoms with van der Waals surface area (Å²) in [6.07, 6.45) is 2.10. The molecule has 0 aliphatic carbocycles. The van der Waals surface area contributed by atoms with Gasteiger partial charge in [-0.05, 0) is 36.8 Å². The standard InChI is InChI=1S/C13H17N/c1-10(2)13(14-4)9-12-8-6-5-7-11(12)3/h5-10H,4H2,1-3H3/b13-9-. The van der Waals surface area contributed by atoms with E-state index in [1.54, 1.807) is 0 Å². The van der Waals surface area contributed by atoms with Gasteiger partial charge >= 0.3 is 0 Å². The van der Waals surface area contributed by atoms with Crippen LogP contribution in [0.1, 0.15) is 25.0 Å². The van der Waals surface area contributed by atoms with Gasteiger partial charge in [-0.3, -0.25) is 4.99 Å². The summed E-state index contributed by atoms with van der Waals surface area (Å²) in [4.78, 5) is 4.04. The predicted molar refractivity (Wildman–Crippen MR) is 63.5 cm³/mol. The van der Waals surface area contributed by atoms with Gasteiger partial charge in [0.25, 0.3) is 0 Å². The second-order valence-corrected chi connectivity index (χ2v) is 3.74. The average Bonchev–Trinajstić information content (AvgIpc) is 2.16. The van der Waals surface area contributed by atoms with Crippen LogP contribution in [0.4, 0.5) is 0 Å². The summed E-state index contributed by atoms with van der Waals surface area (Å²) in [7, 11) is 0. The molecule has 0 atom stereocenters. The summed E-state index contributed by atoms with van der Waals surface area (Å²) in [6, 6.07) is 8.29. The highest BCUT2D eigenvalue weighted by molar-refractivity contribution is 5.57. The lowest BCUT2D eigenvalue weighted by Crippen LogP contribution is -1.90. The van der Waals surface area contributed by atoms with E-state index in [2.05, 4.69) is 50.7 Å². The minimum Gasteiger partial charge on any atom is -0.269 e. The predicted octanol–water partition coefficient (Wildman–Crippen LogP) is 3.69. The van der Waals surface area contributed by atoms with Crippen molar-refractivity contribution >= 4 is 12.8 Å². The zero-order chi connectivity index (χ0) is 10.6. The number of aryl methyl sites for hydroxylation is 1. The van der Waals surface area contributed by atoms with Crippen LogP contribution < -0.4 is 0 Å². The van der Waals surface area contributed by atoms with Crippen LogP contribution in [-0.4, -0.2) is 6.72 Å². The van der Waals surface area contributed by atoms with E-state index < -0.39 is 0 Å². The van der Waals surface area contributed by atoms with Gasteiger partial charge in [0.05, 0.1) is 0 Å². The van der Waals surface area contributed by atoms with Crippen LogP contribution in [-0.2, 0) is 0 Å². The van der Waals surface area contributed by atoms with E-state index in [1.165, 1.54) is 11.1 Å². The van der Waals surface area contributed by atoms with Crippen LogP contribution >= 0.6 is 0 Å². The van der Waals surface area contributed by atoms with E-state index in [0.717, 1.165) is 5.70 Å². The van der Waals surface area contributed by atoms with Crippen molar-refractivity contribution in [2.45, 2.75) is 20.8 Å². The molecule has 1 rings (SSSR count). The van der Waals surface area contributed by atoms with Gasteiger partial charge in [0, 0.05) is 5.70 Å². The summed E-state index contributed by atoms with van der Waals surface area (Å²) in [5.41, 5.74) is 3.54. The molecule has 0 aliphatic heterocycles. The van der Waals surface area contributed by atoms with E-state index in [-0.39, 0.29) is 0 Å². The fourth-order valence-electron chi connectivity index (χ4n) is 1.30. The normalized spacial score (nSPS) is 11.9. The van der Waals surface area contributed by atoms with Gasteiger partial charge in [0.2, 0.25) is 0 Å². The lowest BCUT2D eigenvalue weighted by molar-refractivity contribution is 0.766. The lowest BCUT2D eigenvalue weighted by atomic mass is 10.0. The third-order valence-corrected chi connectivity index (χ3v) is 2.27. The summed E-state index contributed by atoms with van der Waals surface area (Å²) >= 11 is 0. The minimum atomic E-state index is 0.423. The van der Waals surface area contributed by atoms with E-state index in [4.69, 9.17) is 0 Å². The average molecular weight is 187 g/mol. The summed E-state index contributed by atoms with van der Waals surface area (Å²) < 4.78 is 0. The molecule has 74 valence electrons. The third-order valence-electron chi connectivity index (χ3n) is 2.27. The highest BCUT2D eigenvalue weighted by Crippen LogP contribution is 2.17. The molecule has 14 heavy (non-hydrogen) atoms. The number of hydrogen-bond donors (Lipinski definition) is 0. The molecule has 0 aliphatic rings. The van der Waals surface area contributed by atoms with Crippen molar-refractivity contribution in [3.8, 4) is 0 Å². The van der Waals surface area contributed by atoms with Gasteiger partial charge < -0.3 is 0 Å². The molecule has 1 nitrogen and oxygen atoms in total. The molecule has 0 N–H and O–H groups in total. The smallest absolute Gasteiger partial charge is 0.0427 e. The minimum absolute atomic E-state index is 0.423. The number of allylic oxidation sites excluding steroid dienone is 1. The summed E-state index contributed by atoms with van der Waals surface area (Å²) in [5, 5.41) is 0. The molecule has 1 heteroatoms. The van der Waals surface area contributed by atoms with Crippen LogP contribution in [0.2, 0.25) is 0 Å². The maximum Gasteiger partial charge on any atom is 0.0427 e.